The maximum absolute atomic E-state index is 5.61. The molecular weight excluding hydrogens is 238 g/mol. The Kier molecular flexibility index (Phi) is 5.26. The highest BCUT2D eigenvalue weighted by Crippen LogP contribution is 2.16. The summed E-state index contributed by atoms with van der Waals surface area (Å²) in [5.41, 5.74) is 1.16. The monoisotopic (exact) mass is 257 g/mol. The van der Waals surface area contributed by atoms with Crippen molar-refractivity contribution in [3.63, 3.8) is 0 Å². The van der Waals surface area contributed by atoms with E-state index < -0.39 is 0 Å². The van der Waals surface area contributed by atoms with Crippen LogP contribution in [0.25, 0.3) is 0 Å². The topological polar surface area (TPSA) is 30.5 Å². The molecule has 0 fully saturated rings. The van der Waals surface area contributed by atoms with E-state index in [1.54, 1.807) is 7.11 Å². The van der Waals surface area contributed by atoms with Crippen molar-refractivity contribution < 1.29 is 9.47 Å². The van der Waals surface area contributed by atoms with Crippen LogP contribution in [0.15, 0.2) is 54.6 Å². The van der Waals surface area contributed by atoms with Gasteiger partial charge in [-0.1, -0.05) is 36.4 Å². The molecule has 2 aromatic carbocycles. The van der Waals surface area contributed by atoms with Crippen LogP contribution in [0.3, 0.4) is 0 Å². The standard InChI is InChI=1S/C16H19NO2/c1-18-16-10-6-5-7-14(16)13-17-11-12-19-15-8-3-2-4-9-15/h2-10,17H,11-13H2,1H3. The van der Waals surface area contributed by atoms with Gasteiger partial charge in [0.05, 0.1) is 7.11 Å². The predicted octanol–water partition coefficient (Wildman–Crippen LogP) is 2.86. The second kappa shape index (κ2) is 7.44. The van der Waals surface area contributed by atoms with E-state index in [9.17, 15) is 0 Å². The average Bonchev–Trinajstić information content (AvgIpc) is 2.48. The van der Waals surface area contributed by atoms with Crippen molar-refractivity contribution in [2.24, 2.45) is 0 Å². The van der Waals surface area contributed by atoms with Crippen LogP contribution >= 0.6 is 0 Å². The molecular formula is C16H19NO2. The third-order valence-electron chi connectivity index (χ3n) is 2.80. The summed E-state index contributed by atoms with van der Waals surface area (Å²) in [5, 5.41) is 3.34. The number of ether oxygens (including phenoxy) is 2. The molecule has 19 heavy (non-hydrogen) atoms. The van der Waals surface area contributed by atoms with Crippen LogP contribution < -0.4 is 14.8 Å². The van der Waals surface area contributed by atoms with E-state index in [-0.39, 0.29) is 0 Å². The second-order valence-electron chi connectivity index (χ2n) is 4.15. The highest BCUT2D eigenvalue weighted by Gasteiger charge is 2.00. The molecule has 0 aliphatic carbocycles. The molecule has 0 atom stereocenters. The molecule has 0 aromatic heterocycles. The van der Waals surface area contributed by atoms with Crippen molar-refractivity contribution in [1.82, 2.24) is 5.32 Å². The molecule has 0 unspecified atom stereocenters. The van der Waals surface area contributed by atoms with E-state index in [2.05, 4.69) is 11.4 Å². The predicted molar refractivity (Wildman–Crippen MR) is 76.6 cm³/mol. The molecule has 0 radical (unpaired) electrons. The largest absolute Gasteiger partial charge is 0.496 e. The Hall–Kier alpha value is -2.00. The van der Waals surface area contributed by atoms with Gasteiger partial charge < -0.3 is 14.8 Å². The number of nitrogens with one attached hydrogen (secondary N) is 1. The van der Waals surface area contributed by atoms with Crippen molar-refractivity contribution in [3.05, 3.63) is 60.2 Å². The van der Waals surface area contributed by atoms with Crippen molar-refractivity contribution in [3.8, 4) is 11.5 Å². The van der Waals surface area contributed by atoms with E-state index in [0.29, 0.717) is 6.61 Å². The number of para-hydroxylation sites is 2. The van der Waals surface area contributed by atoms with Gasteiger partial charge in [-0.15, -0.1) is 0 Å². The summed E-state index contributed by atoms with van der Waals surface area (Å²) < 4.78 is 10.9. The Morgan fingerprint density at radius 3 is 2.47 bits per heavy atom. The summed E-state index contributed by atoms with van der Waals surface area (Å²) >= 11 is 0. The minimum Gasteiger partial charge on any atom is -0.496 e. The van der Waals surface area contributed by atoms with Crippen LogP contribution in [-0.2, 0) is 6.54 Å². The van der Waals surface area contributed by atoms with Crippen LogP contribution in [0, 0.1) is 0 Å². The fourth-order valence-corrected chi connectivity index (χ4v) is 1.83. The highest BCUT2D eigenvalue weighted by atomic mass is 16.5. The van der Waals surface area contributed by atoms with E-state index in [0.717, 1.165) is 30.2 Å². The first-order valence-electron chi connectivity index (χ1n) is 6.40. The Morgan fingerprint density at radius 1 is 0.947 bits per heavy atom. The van der Waals surface area contributed by atoms with Gasteiger partial charge in [-0.3, -0.25) is 0 Å². The zero-order valence-corrected chi connectivity index (χ0v) is 11.1. The van der Waals surface area contributed by atoms with Gasteiger partial charge in [0, 0.05) is 18.7 Å². The third-order valence-corrected chi connectivity index (χ3v) is 2.80. The summed E-state index contributed by atoms with van der Waals surface area (Å²) in [6, 6.07) is 17.9. The Bertz CT molecular complexity index is 485. The first-order chi connectivity index (χ1) is 9.40. The lowest BCUT2D eigenvalue weighted by Crippen LogP contribution is -2.20. The van der Waals surface area contributed by atoms with Gasteiger partial charge in [0.2, 0.25) is 0 Å². The molecule has 0 bridgehead atoms. The van der Waals surface area contributed by atoms with Crippen molar-refractivity contribution in [2.75, 3.05) is 20.3 Å². The maximum atomic E-state index is 5.61. The van der Waals surface area contributed by atoms with Crippen LogP contribution in [0.5, 0.6) is 11.5 Å². The average molecular weight is 257 g/mol. The lowest BCUT2D eigenvalue weighted by Gasteiger charge is -2.10. The fraction of sp³-hybridized carbons (Fsp3) is 0.250. The van der Waals surface area contributed by atoms with E-state index in [1.165, 1.54) is 0 Å². The highest BCUT2D eigenvalue weighted by molar-refractivity contribution is 5.32. The number of hydrogen-bond acceptors (Lipinski definition) is 3. The minimum absolute atomic E-state index is 0.652. The number of hydrogen-bond donors (Lipinski definition) is 1. The molecule has 0 saturated carbocycles. The van der Waals surface area contributed by atoms with Crippen LogP contribution in [0.2, 0.25) is 0 Å². The molecule has 3 heteroatoms. The zero-order valence-electron chi connectivity index (χ0n) is 11.1. The quantitative estimate of drug-likeness (QED) is 0.774. The SMILES string of the molecule is COc1ccccc1CNCCOc1ccccc1. The molecule has 0 amide bonds. The molecule has 0 aliphatic heterocycles. The van der Waals surface area contributed by atoms with Gasteiger partial charge in [-0.25, -0.2) is 0 Å². The molecule has 0 heterocycles. The van der Waals surface area contributed by atoms with Crippen molar-refractivity contribution in [1.29, 1.82) is 0 Å². The van der Waals surface area contributed by atoms with E-state index in [1.807, 2.05) is 48.5 Å². The van der Waals surface area contributed by atoms with Gasteiger partial charge in [0.15, 0.2) is 0 Å². The van der Waals surface area contributed by atoms with Gasteiger partial charge in [-0.2, -0.15) is 0 Å². The molecule has 2 aromatic rings. The minimum atomic E-state index is 0.652. The number of methoxy groups -OCH3 is 1. The zero-order chi connectivity index (χ0) is 13.3. The normalized spacial score (nSPS) is 10.2. The molecule has 0 spiro atoms. The first kappa shape index (κ1) is 13.4. The lowest BCUT2D eigenvalue weighted by molar-refractivity contribution is 0.313. The van der Waals surface area contributed by atoms with Gasteiger partial charge in [0.25, 0.3) is 0 Å². The van der Waals surface area contributed by atoms with E-state index >= 15 is 0 Å². The van der Waals surface area contributed by atoms with Gasteiger partial charge in [0.1, 0.15) is 18.1 Å². The lowest BCUT2D eigenvalue weighted by atomic mass is 10.2. The van der Waals surface area contributed by atoms with Crippen LogP contribution in [0.1, 0.15) is 5.56 Å². The molecule has 0 aliphatic rings. The number of rotatable bonds is 7. The molecule has 0 saturated heterocycles. The summed E-state index contributed by atoms with van der Waals surface area (Å²) in [6.45, 7) is 2.23. The van der Waals surface area contributed by atoms with Crippen molar-refractivity contribution in [2.45, 2.75) is 6.54 Å². The Labute approximate surface area is 114 Å². The fourth-order valence-electron chi connectivity index (χ4n) is 1.83. The smallest absolute Gasteiger partial charge is 0.123 e. The number of benzene rings is 2. The molecule has 1 N–H and O–H groups in total. The van der Waals surface area contributed by atoms with Gasteiger partial charge >= 0.3 is 0 Å². The second-order valence-corrected chi connectivity index (χ2v) is 4.15. The molecule has 100 valence electrons. The summed E-state index contributed by atoms with van der Waals surface area (Å²) in [5.74, 6) is 1.82. The third kappa shape index (κ3) is 4.30. The molecule has 3 nitrogen and oxygen atoms in total. The Balaban J connectivity index is 1.69. The summed E-state index contributed by atoms with van der Waals surface area (Å²) in [7, 11) is 1.69. The Morgan fingerprint density at radius 2 is 1.68 bits per heavy atom. The van der Waals surface area contributed by atoms with Crippen LogP contribution in [-0.4, -0.2) is 20.3 Å². The van der Waals surface area contributed by atoms with E-state index in [4.69, 9.17) is 9.47 Å². The summed E-state index contributed by atoms with van der Waals surface area (Å²) in [6.07, 6.45) is 0. The maximum Gasteiger partial charge on any atom is 0.123 e. The summed E-state index contributed by atoms with van der Waals surface area (Å²) in [4.78, 5) is 0. The van der Waals surface area contributed by atoms with Crippen LogP contribution in [0.4, 0.5) is 0 Å². The van der Waals surface area contributed by atoms with Gasteiger partial charge in [-0.05, 0) is 18.2 Å². The van der Waals surface area contributed by atoms with Crippen molar-refractivity contribution >= 4 is 0 Å². The molecule has 2 rings (SSSR count). The first-order valence-corrected chi connectivity index (χ1v) is 6.40.